The van der Waals surface area contributed by atoms with Crippen molar-refractivity contribution in [3.63, 3.8) is 0 Å². The molecule has 0 bridgehead atoms. The van der Waals surface area contributed by atoms with Crippen LogP contribution >= 0.6 is 0 Å². The van der Waals surface area contributed by atoms with Crippen molar-refractivity contribution in [2.24, 2.45) is 5.92 Å². The summed E-state index contributed by atoms with van der Waals surface area (Å²) in [7, 11) is 3.54. The summed E-state index contributed by atoms with van der Waals surface area (Å²) in [6.45, 7) is 4.21. The summed E-state index contributed by atoms with van der Waals surface area (Å²) in [5.41, 5.74) is 2.45. The Morgan fingerprint density at radius 1 is 1.42 bits per heavy atom. The van der Waals surface area contributed by atoms with Gasteiger partial charge in [0.25, 0.3) is 0 Å². The Labute approximate surface area is 144 Å². The highest BCUT2D eigenvalue weighted by Gasteiger charge is 2.19. The lowest BCUT2D eigenvalue weighted by Crippen LogP contribution is -2.41. The standard InChI is InChI=1S/C19H25N3O2/c1-15(12-20)13-21(2)14-19(23)22-10-8-17(9-11-22)16-4-6-18(24-3)7-5-16/h4-8,15H,9-11,13-14H2,1-3H3/t15-/m0/s1. The summed E-state index contributed by atoms with van der Waals surface area (Å²) in [4.78, 5) is 16.2. The zero-order valence-corrected chi connectivity index (χ0v) is 14.7. The first-order valence-corrected chi connectivity index (χ1v) is 8.23. The lowest BCUT2D eigenvalue weighted by Gasteiger charge is -2.29. The predicted molar refractivity (Wildman–Crippen MR) is 94.4 cm³/mol. The van der Waals surface area contributed by atoms with Gasteiger partial charge >= 0.3 is 0 Å². The molecule has 0 spiro atoms. The molecule has 5 nitrogen and oxygen atoms in total. The van der Waals surface area contributed by atoms with Crippen LogP contribution in [-0.2, 0) is 4.79 Å². The van der Waals surface area contributed by atoms with Crippen LogP contribution in [0.1, 0.15) is 18.9 Å². The van der Waals surface area contributed by atoms with Crippen LogP contribution < -0.4 is 4.74 Å². The molecule has 0 unspecified atom stereocenters. The Kier molecular flexibility index (Phi) is 6.39. The van der Waals surface area contributed by atoms with Gasteiger partial charge in [0.05, 0.1) is 25.6 Å². The molecule has 5 heteroatoms. The molecule has 1 aliphatic rings. The molecule has 0 radical (unpaired) electrons. The number of carbonyl (C=O) groups is 1. The molecular formula is C19H25N3O2. The fourth-order valence-electron chi connectivity index (χ4n) is 2.87. The van der Waals surface area contributed by atoms with E-state index in [0.29, 0.717) is 19.6 Å². The Bertz CT molecular complexity index is 631. The van der Waals surface area contributed by atoms with Crippen LogP contribution in [0.2, 0.25) is 0 Å². The molecule has 1 aromatic carbocycles. The van der Waals surface area contributed by atoms with Gasteiger partial charge in [-0.1, -0.05) is 18.2 Å². The van der Waals surface area contributed by atoms with E-state index < -0.39 is 0 Å². The van der Waals surface area contributed by atoms with E-state index in [1.165, 1.54) is 11.1 Å². The number of rotatable bonds is 6. The molecule has 0 N–H and O–H groups in total. The van der Waals surface area contributed by atoms with Crippen molar-refractivity contribution in [1.29, 1.82) is 5.26 Å². The number of ether oxygens (including phenoxy) is 1. The van der Waals surface area contributed by atoms with Crippen LogP contribution in [0.4, 0.5) is 0 Å². The summed E-state index contributed by atoms with van der Waals surface area (Å²) in [5, 5.41) is 8.85. The van der Waals surface area contributed by atoms with E-state index in [0.717, 1.165) is 18.7 Å². The molecule has 1 heterocycles. The largest absolute Gasteiger partial charge is 0.497 e. The fraction of sp³-hybridized carbons (Fsp3) is 0.474. The van der Waals surface area contributed by atoms with Gasteiger partial charge in [0.1, 0.15) is 5.75 Å². The van der Waals surface area contributed by atoms with Gasteiger partial charge in [-0.05, 0) is 43.7 Å². The first kappa shape index (κ1) is 18.0. The van der Waals surface area contributed by atoms with Crippen LogP contribution in [0.15, 0.2) is 30.3 Å². The first-order valence-electron chi connectivity index (χ1n) is 8.23. The molecular weight excluding hydrogens is 302 g/mol. The molecule has 1 aliphatic heterocycles. The minimum Gasteiger partial charge on any atom is -0.497 e. The third-order valence-corrected chi connectivity index (χ3v) is 4.23. The summed E-state index contributed by atoms with van der Waals surface area (Å²) in [5.74, 6) is 0.903. The van der Waals surface area contributed by atoms with E-state index in [2.05, 4.69) is 24.3 Å². The van der Waals surface area contributed by atoms with Gasteiger partial charge in [0.2, 0.25) is 5.91 Å². The highest BCUT2D eigenvalue weighted by molar-refractivity contribution is 5.80. The number of nitriles is 1. The van der Waals surface area contributed by atoms with Crippen molar-refractivity contribution < 1.29 is 9.53 Å². The van der Waals surface area contributed by atoms with Gasteiger partial charge in [-0.3, -0.25) is 9.69 Å². The van der Waals surface area contributed by atoms with Crippen LogP contribution in [0.25, 0.3) is 5.57 Å². The number of likely N-dealkylation sites (N-methyl/N-ethyl adjacent to an activating group) is 1. The molecule has 1 atom stereocenters. The summed E-state index contributed by atoms with van der Waals surface area (Å²) < 4.78 is 5.18. The maximum atomic E-state index is 12.4. The van der Waals surface area contributed by atoms with Crippen LogP contribution in [-0.4, -0.2) is 56.0 Å². The topological polar surface area (TPSA) is 56.6 Å². The highest BCUT2D eigenvalue weighted by atomic mass is 16.5. The van der Waals surface area contributed by atoms with Crippen molar-refractivity contribution >= 4 is 11.5 Å². The number of hydrogen-bond donors (Lipinski definition) is 0. The molecule has 1 aromatic rings. The Hall–Kier alpha value is -2.32. The monoisotopic (exact) mass is 327 g/mol. The smallest absolute Gasteiger partial charge is 0.237 e. The second kappa shape index (κ2) is 8.51. The van der Waals surface area contributed by atoms with Crippen LogP contribution in [0.3, 0.4) is 0 Å². The van der Waals surface area contributed by atoms with Crippen LogP contribution in [0.5, 0.6) is 5.75 Å². The number of benzene rings is 1. The summed E-state index contributed by atoms with van der Waals surface area (Å²) >= 11 is 0. The molecule has 0 aromatic heterocycles. The maximum Gasteiger partial charge on any atom is 0.237 e. The van der Waals surface area contributed by atoms with Gasteiger partial charge < -0.3 is 9.64 Å². The molecule has 0 saturated carbocycles. The Morgan fingerprint density at radius 3 is 2.67 bits per heavy atom. The lowest BCUT2D eigenvalue weighted by atomic mass is 9.99. The molecule has 1 amide bonds. The van der Waals surface area contributed by atoms with Gasteiger partial charge in [-0.2, -0.15) is 5.26 Å². The lowest BCUT2D eigenvalue weighted by molar-refractivity contribution is -0.131. The van der Waals surface area contributed by atoms with E-state index in [-0.39, 0.29) is 11.8 Å². The quantitative estimate of drug-likeness (QED) is 0.805. The summed E-state index contributed by atoms with van der Waals surface area (Å²) in [6, 6.07) is 10.2. The molecule has 0 saturated heterocycles. The zero-order valence-electron chi connectivity index (χ0n) is 14.7. The van der Waals surface area contributed by atoms with E-state index in [4.69, 9.17) is 10.00 Å². The average Bonchev–Trinajstić information content (AvgIpc) is 2.61. The molecule has 2 rings (SSSR count). The van der Waals surface area contributed by atoms with E-state index in [9.17, 15) is 4.79 Å². The van der Waals surface area contributed by atoms with Crippen molar-refractivity contribution in [3.8, 4) is 11.8 Å². The van der Waals surface area contributed by atoms with Crippen molar-refractivity contribution in [2.45, 2.75) is 13.3 Å². The van der Waals surface area contributed by atoms with Gasteiger partial charge in [-0.25, -0.2) is 0 Å². The van der Waals surface area contributed by atoms with Gasteiger partial charge in [0.15, 0.2) is 0 Å². The number of amides is 1. The van der Waals surface area contributed by atoms with Crippen molar-refractivity contribution in [1.82, 2.24) is 9.80 Å². The fourth-order valence-corrected chi connectivity index (χ4v) is 2.87. The average molecular weight is 327 g/mol. The number of hydrogen-bond acceptors (Lipinski definition) is 4. The van der Waals surface area contributed by atoms with Gasteiger partial charge in [-0.15, -0.1) is 0 Å². The molecule has 0 fully saturated rings. The van der Waals surface area contributed by atoms with E-state index in [1.807, 2.05) is 35.9 Å². The molecule has 128 valence electrons. The third kappa shape index (κ3) is 4.84. The minimum atomic E-state index is -0.0641. The molecule has 24 heavy (non-hydrogen) atoms. The normalized spacial score (nSPS) is 15.6. The maximum absolute atomic E-state index is 12.4. The summed E-state index contributed by atoms with van der Waals surface area (Å²) in [6.07, 6.45) is 2.98. The second-order valence-electron chi connectivity index (χ2n) is 6.27. The third-order valence-electron chi connectivity index (χ3n) is 4.23. The predicted octanol–water partition coefficient (Wildman–Crippen LogP) is 2.40. The van der Waals surface area contributed by atoms with Crippen molar-refractivity contribution in [2.75, 3.05) is 40.3 Å². The number of methoxy groups -OCH3 is 1. The minimum absolute atomic E-state index is 0.0641. The first-order chi connectivity index (χ1) is 11.5. The van der Waals surface area contributed by atoms with Gasteiger partial charge in [0, 0.05) is 19.6 Å². The second-order valence-corrected chi connectivity index (χ2v) is 6.27. The number of nitrogens with zero attached hydrogens (tertiary/aromatic N) is 3. The Balaban J connectivity index is 1.89. The highest BCUT2D eigenvalue weighted by Crippen LogP contribution is 2.24. The van der Waals surface area contributed by atoms with E-state index in [1.54, 1.807) is 7.11 Å². The Morgan fingerprint density at radius 2 is 2.12 bits per heavy atom. The van der Waals surface area contributed by atoms with Crippen molar-refractivity contribution in [3.05, 3.63) is 35.9 Å². The van der Waals surface area contributed by atoms with Crippen LogP contribution in [0, 0.1) is 17.2 Å². The van der Waals surface area contributed by atoms with E-state index >= 15 is 0 Å². The SMILES string of the molecule is COc1ccc(C2=CCN(C(=O)CN(C)C[C@@H](C)C#N)CC2)cc1. The number of carbonyl (C=O) groups excluding carboxylic acids is 1. The zero-order chi connectivity index (χ0) is 17.5. The molecule has 0 aliphatic carbocycles.